The zero-order valence-electron chi connectivity index (χ0n) is 13.6. The second-order valence-electron chi connectivity index (χ2n) is 6.17. The average Bonchev–Trinajstić information content (AvgIpc) is 2.61. The van der Waals surface area contributed by atoms with Crippen molar-refractivity contribution < 1.29 is 4.79 Å². The molecule has 0 radical (unpaired) electrons. The fourth-order valence-electron chi connectivity index (χ4n) is 3.10. The Kier molecular flexibility index (Phi) is 5.38. The predicted octanol–water partition coefficient (Wildman–Crippen LogP) is 1.27. The van der Waals surface area contributed by atoms with Crippen LogP contribution in [0.3, 0.4) is 0 Å². The van der Waals surface area contributed by atoms with Crippen molar-refractivity contribution in [2.24, 2.45) is 0 Å². The Labute approximate surface area is 140 Å². The molecule has 1 aromatic carbocycles. The van der Waals surface area contributed by atoms with Crippen molar-refractivity contribution in [3.05, 3.63) is 64.3 Å². The number of likely N-dealkylation sites (tertiary alicyclic amines) is 1. The topological polar surface area (TPSA) is 78.1 Å². The van der Waals surface area contributed by atoms with E-state index in [9.17, 15) is 9.59 Å². The molecule has 0 saturated carbocycles. The van der Waals surface area contributed by atoms with Crippen LogP contribution in [0.1, 0.15) is 30.0 Å². The van der Waals surface area contributed by atoms with Crippen LogP contribution in [0.25, 0.3) is 0 Å². The Morgan fingerprint density at radius 3 is 2.96 bits per heavy atom. The molecule has 0 spiro atoms. The van der Waals surface area contributed by atoms with Gasteiger partial charge >= 0.3 is 0 Å². The van der Waals surface area contributed by atoms with Gasteiger partial charge < -0.3 is 10.3 Å². The van der Waals surface area contributed by atoms with E-state index in [4.69, 9.17) is 0 Å². The van der Waals surface area contributed by atoms with E-state index in [1.165, 1.54) is 6.33 Å². The molecule has 0 aliphatic carbocycles. The molecule has 6 heteroatoms. The van der Waals surface area contributed by atoms with Gasteiger partial charge in [0, 0.05) is 25.1 Å². The van der Waals surface area contributed by atoms with Crippen LogP contribution in [0.2, 0.25) is 0 Å². The molecular formula is C18H22N4O2. The molecule has 24 heavy (non-hydrogen) atoms. The van der Waals surface area contributed by atoms with Gasteiger partial charge in [0.25, 0.3) is 5.56 Å². The highest BCUT2D eigenvalue weighted by Gasteiger charge is 2.23. The zero-order chi connectivity index (χ0) is 16.8. The number of aromatic nitrogens is 2. The normalized spacial score (nSPS) is 18.2. The van der Waals surface area contributed by atoms with Crippen LogP contribution in [0.15, 0.2) is 47.5 Å². The highest BCUT2D eigenvalue weighted by Crippen LogP contribution is 2.24. The smallest absolute Gasteiger partial charge is 0.250 e. The van der Waals surface area contributed by atoms with Gasteiger partial charge in [0.05, 0.1) is 18.6 Å². The number of benzene rings is 1. The molecule has 0 unspecified atom stereocenters. The minimum atomic E-state index is -0.127. The van der Waals surface area contributed by atoms with Crippen LogP contribution in [-0.2, 0) is 11.3 Å². The molecule has 1 aliphatic rings. The highest BCUT2D eigenvalue weighted by molar-refractivity contribution is 5.78. The number of H-pyrrole nitrogens is 1. The fourth-order valence-corrected chi connectivity index (χ4v) is 3.10. The fraction of sp³-hybridized carbons (Fsp3) is 0.389. The number of rotatable bonds is 5. The summed E-state index contributed by atoms with van der Waals surface area (Å²) in [6, 6.07) is 11.4. The van der Waals surface area contributed by atoms with Gasteiger partial charge in [0.1, 0.15) is 0 Å². The summed E-state index contributed by atoms with van der Waals surface area (Å²) in [5, 5.41) is 2.96. The Hall–Kier alpha value is -2.47. The van der Waals surface area contributed by atoms with Crippen molar-refractivity contribution in [1.29, 1.82) is 0 Å². The van der Waals surface area contributed by atoms with Gasteiger partial charge in [-0.25, -0.2) is 4.98 Å². The van der Waals surface area contributed by atoms with E-state index in [0.29, 0.717) is 13.1 Å². The van der Waals surface area contributed by atoms with Crippen molar-refractivity contribution in [3.63, 3.8) is 0 Å². The summed E-state index contributed by atoms with van der Waals surface area (Å²) >= 11 is 0. The molecule has 2 N–H and O–H groups in total. The van der Waals surface area contributed by atoms with Gasteiger partial charge in [0.15, 0.2) is 0 Å². The van der Waals surface area contributed by atoms with Crippen molar-refractivity contribution in [2.45, 2.75) is 25.3 Å². The summed E-state index contributed by atoms with van der Waals surface area (Å²) in [6.45, 7) is 2.59. The molecular weight excluding hydrogens is 304 g/mol. The van der Waals surface area contributed by atoms with Gasteiger partial charge in [-0.15, -0.1) is 0 Å². The first-order valence-corrected chi connectivity index (χ1v) is 8.28. The third-order valence-electron chi connectivity index (χ3n) is 4.32. The van der Waals surface area contributed by atoms with Gasteiger partial charge in [-0.05, 0) is 24.9 Å². The molecule has 3 rings (SSSR count). The number of hydrogen-bond acceptors (Lipinski definition) is 4. The second-order valence-corrected chi connectivity index (χ2v) is 6.17. The third kappa shape index (κ3) is 4.52. The summed E-state index contributed by atoms with van der Waals surface area (Å²) in [6.07, 6.45) is 3.45. The third-order valence-corrected chi connectivity index (χ3v) is 4.32. The van der Waals surface area contributed by atoms with Gasteiger partial charge in [-0.2, -0.15) is 0 Å². The number of piperidine rings is 1. The van der Waals surface area contributed by atoms with Crippen LogP contribution < -0.4 is 10.9 Å². The summed E-state index contributed by atoms with van der Waals surface area (Å²) in [5.74, 6) is 0.237. The highest BCUT2D eigenvalue weighted by atomic mass is 16.2. The number of nitrogens with zero attached hydrogens (tertiary/aromatic N) is 2. The maximum atomic E-state index is 12.2. The van der Waals surface area contributed by atoms with E-state index >= 15 is 0 Å². The molecule has 2 heterocycles. The predicted molar refractivity (Wildman–Crippen MR) is 91.6 cm³/mol. The molecule has 1 atom stereocenters. The van der Waals surface area contributed by atoms with E-state index in [-0.39, 0.29) is 17.4 Å². The van der Waals surface area contributed by atoms with Crippen LogP contribution in [0.5, 0.6) is 0 Å². The maximum absolute atomic E-state index is 12.2. The Morgan fingerprint density at radius 2 is 2.17 bits per heavy atom. The second kappa shape index (κ2) is 7.88. The number of aromatic amines is 1. The van der Waals surface area contributed by atoms with Crippen molar-refractivity contribution in [3.8, 4) is 0 Å². The minimum absolute atomic E-state index is 0.0263. The molecule has 1 aliphatic heterocycles. The lowest BCUT2D eigenvalue weighted by Crippen LogP contribution is -2.42. The molecule has 1 saturated heterocycles. The molecule has 1 aromatic heterocycles. The van der Waals surface area contributed by atoms with Crippen LogP contribution in [0, 0.1) is 0 Å². The number of amides is 1. The maximum Gasteiger partial charge on any atom is 0.250 e. The number of carbonyl (C=O) groups excluding carboxylic acids is 1. The van der Waals surface area contributed by atoms with E-state index in [1.807, 2.05) is 30.3 Å². The summed E-state index contributed by atoms with van der Waals surface area (Å²) in [7, 11) is 0. The van der Waals surface area contributed by atoms with Crippen LogP contribution in [0.4, 0.5) is 0 Å². The van der Waals surface area contributed by atoms with E-state index < -0.39 is 0 Å². The molecule has 6 nitrogen and oxygen atoms in total. The SMILES string of the molecule is O=C(CN1CCC[C@H](c2cc(=O)[nH]cn2)C1)NCc1ccccc1. The van der Waals surface area contributed by atoms with Crippen molar-refractivity contribution in [2.75, 3.05) is 19.6 Å². The van der Waals surface area contributed by atoms with Crippen molar-refractivity contribution in [1.82, 2.24) is 20.2 Å². The molecule has 2 aromatic rings. The van der Waals surface area contributed by atoms with Gasteiger partial charge in [0.2, 0.25) is 5.91 Å². The van der Waals surface area contributed by atoms with Gasteiger partial charge in [-0.3, -0.25) is 14.5 Å². The van der Waals surface area contributed by atoms with Crippen LogP contribution >= 0.6 is 0 Å². The zero-order valence-corrected chi connectivity index (χ0v) is 13.6. The van der Waals surface area contributed by atoms with E-state index in [0.717, 1.165) is 37.2 Å². The molecule has 0 bridgehead atoms. The quantitative estimate of drug-likeness (QED) is 0.867. The summed E-state index contributed by atoms with van der Waals surface area (Å²) in [5.41, 5.74) is 1.78. The average molecular weight is 326 g/mol. The lowest BCUT2D eigenvalue weighted by Gasteiger charge is -2.31. The molecule has 1 amide bonds. The Morgan fingerprint density at radius 1 is 1.33 bits per heavy atom. The first-order chi connectivity index (χ1) is 11.7. The summed E-state index contributed by atoms with van der Waals surface area (Å²) in [4.78, 5) is 32.5. The monoisotopic (exact) mass is 326 g/mol. The van der Waals surface area contributed by atoms with Crippen molar-refractivity contribution >= 4 is 5.91 Å². The van der Waals surface area contributed by atoms with E-state index in [1.54, 1.807) is 6.07 Å². The standard InChI is InChI=1S/C18H22N4O2/c23-17-9-16(20-13-21-17)15-7-4-8-22(11-15)12-18(24)19-10-14-5-2-1-3-6-14/h1-3,5-6,9,13,15H,4,7-8,10-12H2,(H,19,24)(H,20,21,23)/t15-/m0/s1. The lowest BCUT2D eigenvalue weighted by atomic mass is 9.94. The molecule has 1 fully saturated rings. The minimum Gasteiger partial charge on any atom is -0.351 e. The first kappa shape index (κ1) is 16.4. The lowest BCUT2D eigenvalue weighted by molar-refractivity contribution is -0.122. The largest absolute Gasteiger partial charge is 0.351 e. The Bertz CT molecular complexity index is 729. The van der Waals surface area contributed by atoms with Gasteiger partial charge in [-0.1, -0.05) is 30.3 Å². The number of hydrogen-bond donors (Lipinski definition) is 2. The Balaban J connectivity index is 1.51. The molecule has 126 valence electrons. The number of nitrogens with one attached hydrogen (secondary N) is 2. The first-order valence-electron chi connectivity index (χ1n) is 8.28. The van der Waals surface area contributed by atoms with Crippen LogP contribution in [-0.4, -0.2) is 40.4 Å². The summed E-state index contributed by atoms with van der Waals surface area (Å²) < 4.78 is 0. The van der Waals surface area contributed by atoms with E-state index in [2.05, 4.69) is 20.2 Å². The number of carbonyl (C=O) groups is 1.